The Morgan fingerprint density at radius 3 is 1.69 bits per heavy atom. The molecule has 3 rings (SSSR count). The van der Waals surface area contributed by atoms with Gasteiger partial charge < -0.3 is 24.4 Å². The summed E-state index contributed by atoms with van der Waals surface area (Å²) < 4.78 is 16.5. The monoisotopic (exact) mass is 500 g/mol. The highest BCUT2D eigenvalue weighted by Gasteiger charge is 2.35. The van der Waals surface area contributed by atoms with Gasteiger partial charge in [-0.05, 0) is 49.5 Å². The first kappa shape index (κ1) is 27.9. The molecule has 0 spiro atoms. The molecular weight excluding hydrogens is 456 g/mol. The molecule has 0 saturated heterocycles. The average Bonchev–Trinajstić information content (AvgIpc) is 2.88. The Morgan fingerprint density at radius 1 is 0.833 bits per heavy atom. The molecule has 2 amide bonds. The lowest BCUT2D eigenvalue weighted by atomic mass is 9.88. The Hall–Kier alpha value is -2.70. The number of nitrogens with zero attached hydrogens (tertiary/aromatic N) is 1. The van der Waals surface area contributed by atoms with Crippen molar-refractivity contribution in [3.8, 4) is 17.2 Å². The summed E-state index contributed by atoms with van der Waals surface area (Å²) in [5, 5.41) is 2.99. The van der Waals surface area contributed by atoms with E-state index in [0.29, 0.717) is 28.5 Å². The Labute approximate surface area is 216 Å². The molecule has 7 heteroatoms. The molecular formula is C29H44N2O5. The van der Waals surface area contributed by atoms with Gasteiger partial charge in [0.25, 0.3) is 5.91 Å². The molecule has 0 aromatic heterocycles. The summed E-state index contributed by atoms with van der Waals surface area (Å²) >= 11 is 0. The van der Waals surface area contributed by atoms with Gasteiger partial charge in [-0.3, -0.25) is 9.59 Å². The summed E-state index contributed by atoms with van der Waals surface area (Å²) in [6, 6.07) is 4.01. The summed E-state index contributed by atoms with van der Waals surface area (Å²) in [6.45, 7) is 5.55. The van der Waals surface area contributed by atoms with E-state index in [-0.39, 0.29) is 23.9 Å². The molecule has 0 atom stereocenters. The molecule has 2 saturated carbocycles. The zero-order chi connectivity index (χ0) is 26.3. The molecule has 36 heavy (non-hydrogen) atoms. The Morgan fingerprint density at radius 2 is 1.31 bits per heavy atom. The number of hydrogen-bond acceptors (Lipinski definition) is 5. The van der Waals surface area contributed by atoms with E-state index < -0.39 is 5.41 Å². The van der Waals surface area contributed by atoms with Crippen LogP contribution in [0.15, 0.2) is 17.8 Å². The van der Waals surface area contributed by atoms with E-state index in [4.69, 9.17) is 14.2 Å². The number of ether oxygens (including phenoxy) is 3. The van der Waals surface area contributed by atoms with Gasteiger partial charge in [0.2, 0.25) is 11.7 Å². The van der Waals surface area contributed by atoms with Crippen LogP contribution in [0.5, 0.6) is 17.2 Å². The highest BCUT2D eigenvalue weighted by Crippen LogP contribution is 2.39. The summed E-state index contributed by atoms with van der Waals surface area (Å²) in [4.78, 5) is 29.5. The second-order valence-electron chi connectivity index (χ2n) is 11.0. The fraction of sp³-hybridized carbons (Fsp3) is 0.655. The van der Waals surface area contributed by atoms with Crippen molar-refractivity contribution in [1.29, 1.82) is 0 Å². The minimum Gasteiger partial charge on any atom is -0.493 e. The third-order valence-electron chi connectivity index (χ3n) is 7.33. The van der Waals surface area contributed by atoms with Crippen molar-refractivity contribution in [2.45, 2.75) is 97.1 Å². The van der Waals surface area contributed by atoms with Crippen molar-refractivity contribution in [3.05, 3.63) is 23.4 Å². The molecule has 0 aliphatic heterocycles. The minimum atomic E-state index is -0.644. The second kappa shape index (κ2) is 12.5. The van der Waals surface area contributed by atoms with E-state index in [1.54, 1.807) is 39.5 Å². The topological polar surface area (TPSA) is 77.1 Å². The maximum Gasteiger partial charge on any atom is 0.270 e. The highest BCUT2D eigenvalue weighted by atomic mass is 16.5. The van der Waals surface area contributed by atoms with Crippen molar-refractivity contribution >= 4 is 17.9 Å². The molecule has 7 nitrogen and oxygen atoms in total. The summed E-state index contributed by atoms with van der Waals surface area (Å²) in [6.07, 6.45) is 12.8. The average molecular weight is 501 g/mol. The third kappa shape index (κ3) is 6.74. The van der Waals surface area contributed by atoms with Gasteiger partial charge in [-0.2, -0.15) is 0 Å². The van der Waals surface area contributed by atoms with Crippen LogP contribution in [-0.2, 0) is 9.59 Å². The van der Waals surface area contributed by atoms with Crippen molar-refractivity contribution in [2.24, 2.45) is 5.41 Å². The predicted octanol–water partition coefficient (Wildman–Crippen LogP) is 5.71. The standard InChI is InChI=1S/C29H44N2O5/c1-29(2,3)28(33)30-23(17-20-18-24(34-4)26(36-6)25(19-20)35-5)27(32)31(21-13-9-7-10-14-21)22-15-11-8-12-16-22/h17-19,21-22H,7-16H2,1-6H3,(H,30,33)/b23-17+. The molecule has 2 aliphatic rings. The Kier molecular flexibility index (Phi) is 9.69. The normalized spacial score (nSPS) is 17.9. The largest absolute Gasteiger partial charge is 0.493 e. The summed E-state index contributed by atoms with van der Waals surface area (Å²) in [5.74, 6) is 1.18. The zero-order valence-corrected chi connectivity index (χ0v) is 22.9. The van der Waals surface area contributed by atoms with Crippen molar-refractivity contribution < 1.29 is 23.8 Å². The first-order valence-electron chi connectivity index (χ1n) is 13.4. The quantitative estimate of drug-likeness (QED) is 0.463. The Bertz CT molecular complexity index is 894. The number of amides is 2. The van der Waals surface area contributed by atoms with Gasteiger partial charge in [0.15, 0.2) is 11.5 Å². The third-order valence-corrected chi connectivity index (χ3v) is 7.33. The molecule has 0 bridgehead atoms. The van der Waals surface area contributed by atoms with E-state index in [0.717, 1.165) is 51.4 Å². The number of carbonyl (C=O) groups excluding carboxylic acids is 2. The van der Waals surface area contributed by atoms with E-state index in [9.17, 15) is 9.59 Å². The van der Waals surface area contributed by atoms with Gasteiger partial charge in [0, 0.05) is 17.5 Å². The molecule has 2 aliphatic carbocycles. The maximum atomic E-state index is 14.3. The molecule has 0 radical (unpaired) electrons. The van der Waals surface area contributed by atoms with Crippen LogP contribution in [-0.4, -0.2) is 50.1 Å². The van der Waals surface area contributed by atoms with Crippen molar-refractivity contribution in [1.82, 2.24) is 10.2 Å². The number of hydrogen-bond donors (Lipinski definition) is 1. The Balaban J connectivity index is 2.07. The zero-order valence-electron chi connectivity index (χ0n) is 22.9. The number of nitrogens with one attached hydrogen (secondary N) is 1. The molecule has 200 valence electrons. The van der Waals surface area contributed by atoms with E-state index in [1.165, 1.54) is 12.8 Å². The van der Waals surface area contributed by atoms with Crippen LogP contribution in [0.3, 0.4) is 0 Å². The van der Waals surface area contributed by atoms with Crippen LogP contribution in [0.25, 0.3) is 6.08 Å². The number of methoxy groups -OCH3 is 3. The molecule has 0 heterocycles. The van der Waals surface area contributed by atoms with Gasteiger partial charge in [-0.25, -0.2) is 0 Å². The summed E-state index contributed by atoms with van der Waals surface area (Å²) in [7, 11) is 4.68. The smallest absolute Gasteiger partial charge is 0.270 e. The van der Waals surface area contributed by atoms with Gasteiger partial charge in [0.1, 0.15) is 5.70 Å². The molecule has 1 aromatic carbocycles. The van der Waals surface area contributed by atoms with Crippen LogP contribution in [0.4, 0.5) is 0 Å². The number of carbonyl (C=O) groups is 2. The highest BCUT2D eigenvalue weighted by molar-refractivity contribution is 6.02. The van der Waals surface area contributed by atoms with Gasteiger partial charge in [-0.1, -0.05) is 59.3 Å². The lowest BCUT2D eigenvalue weighted by molar-refractivity contribution is -0.136. The fourth-order valence-corrected chi connectivity index (χ4v) is 5.30. The van der Waals surface area contributed by atoms with Crippen LogP contribution in [0.1, 0.15) is 90.5 Å². The van der Waals surface area contributed by atoms with E-state index in [1.807, 2.05) is 20.8 Å². The van der Waals surface area contributed by atoms with Gasteiger partial charge in [0.05, 0.1) is 21.3 Å². The van der Waals surface area contributed by atoms with Crippen LogP contribution >= 0.6 is 0 Å². The lowest BCUT2D eigenvalue weighted by Gasteiger charge is -2.42. The van der Waals surface area contributed by atoms with Crippen LogP contribution < -0.4 is 19.5 Å². The maximum absolute atomic E-state index is 14.3. The number of rotatable bonds is 8. The van der Waals surface area contributed by atoms with Gasteiger partial charge >= 0.3 is 0 Å². The first-order chi connectivity index (χ1) is 17.2. The summed E-state index contributed by atoms with van der Waals surface area (Å²) in [5.41, 5.74) is 0.337. The lowest BCUT2D eigenvalue weighted by Crippen LogP contribution is -2.51. The number of benzene rings is 1. The van der Waals surface area contributed by atoms with Crippen molar-refractivity contribution in [2.75, 3.05) is 21.3 Å². The molecule has 2 fully saturated rings. The fourth-order valence-electron chi connectivity index (χ4n) is 5.30. The van der Waals surface area contributed by atoms with Gasteiger partial charge in [-0.15, -0.1) is 0 Å². The molecule has 0 unspecified atom stereocenters. The van der Waals surface area contributed by atoms with Crippen molar-refractivity contribution in [3.63, 3.8) is 0 Å². The minimum absolute atomic E-state index is 0.0971. The second-order valence-corrected chi connectivity index (χ2v) is 11.0. The molecule has 1 aromatic rings. The molecule has 1 N–H and O–H groups in total. The predicted molar refractivity (Wildman–Crippen MR) is 142 cm³/mol. The van der Waals surface area contributed by atoms with Crippen LogP contribution in [0.2, 0.25) is 0 Å². The van der Waals surface area contributed by atoms with Crippen LogP contribution in [0, 0.1) is 5.41 Å². The van der Waals surface area contributed by atoms with E-state index >= 15 is 0 Å². The first-order valence-corrected chi connectivity index (χ1v) is 13.4. The van der Waals surface area contributed by atoms with E-state index in [2.05, 4.69) is 10.2 Å². The SMILES string of the molecule is COc1cc(/C=C(/NC(=O)C(C)(C)C)C(=O)N(C2CCCCC2)C2CCCCC2)cc(OC)c1OC.